The quantitative estimate of drug-likeness (QED) is 0.849. The lowest BCUT2D eigenvalue weighted by Gasteiger charge is -2.08. The van der Waals surface area contributed by atoms with E-state index < -0.39 is 15.8 Å². The predicted octanol–water partition coefficient (Wildman–Crippen LogP) is 3.23. The number of carboxylic acid groups (broad SMARTS) is 1. The summed E-state index contributed by atoms with van der Waals surface area (Å²) in [6.07, 6.45) is 1.16. The summed E-state index contributed by atoms with van der Waals surface area (Å²) in [7, 11) is -3.20. The monoisotopic (exact) mass is 326 g/mol. The van der Waals surface area contributed by atoms with Gasteiger partial charge in [-0.15, -0.1) is 11.8 Å². The number of hydrogen-bond acceptors (Lipinski definition) is 5. The Hall–Kier alpha value is -1.73. The number of furan rings is 1. The van der Waals surface area contributed by atoms with Gasteiger partial charge in [-0.05, 0) is 43.3 Å². The van der Waals surface area contributed by atoms with E-state index in [1.165, 1.54) is 17.8 Å². The molecule has 0 aliphatic carbocycles. The van der Waals surface area contributed by atoms with E-state index in [0.29, 0.717) is 5.76 Å². The Morgan fingerprint density at radius 2 is 1.81 bits per heavy atom. The first-order chi connectivity index (χ1) is 9.77. The maximum atomic E-state index is 11.4. The molecule has 1 unspecified atom stereocenters. The third-order valence-electron chi connectivity index (χ3n) is 2.80. The van der Waals surface area contributed by atoms with Gasteiger partial charge in [0.2, 0.25) is 5.76 Å². The van der Waals surface area contributed by atoms with Crippen LogP contribution in [0.1, 0.15) is 28.5 Å². The van der Waals surface area contributed by atoms with Crippen LogP contribution in [0.25, 0.3) is 0 Å². The van der Waals surface area contributed by atoms with Gasteiger partial charge in [0.1, 0.15) is 5.76 Å². The summed E-state index contributed by atoms with van der Waals surface area (Å²) < 4.78 is 28.0. The van der Waals surface area contributed by atoms with E-state index in [4.69, 9.17) is 9.52 Å². The summed E-state index contributed by atoms with van der Waals surface area (Å²) in [5.74, 6) is -0.634. The normalized spacial score (nSPS) is 13.0. The summed E-state index contributed by atoms with van der Waals surface area (Å²) in [5, 5.41) is 8.74. The molecule has 0 saturated heterocycles. The van der Waals surface area contributed by atoms with Crippen molar-refractivity contribution in [1.29, 1.82) is 0 Å². The van der Waals surface area contributed by atoms with Crippen LogP contribution in [0.3, 0.4) is 0 Å². The van der Waals surface area contributed by atoms with Gasteiger partial charge in [-0.3, -0.25) is 0 Å². The molecule has 2 aromatic rings. The van der Waals surface area contributed by atoms with Crippen LogP contribution in [0.4, 0.5) is 0 Å². The van der Waals surface area contributed by atoms with Gasteiger partial charge >= 0.3 is 5.97 Å². The number of carbonyl (C=O) groups is 1. The molecule has 0 amide bonds. The largest absolute Gasteiger partial charge is 0.475 e. The van der Waals surface area contributed by atoms with Gasteiger partial charge in [0.25, 0.3) is 0 Å². The molecule has 0 bridgehead atoms. The van der Waals surface area contributed by atoms with Crippen molar-refractivity contribution in [3.63, 3.8) is 0 Å². The summed E-state index contributed by atoms with van der Waals surface area (Å²) in [6, 6.07) is 9.59. The highest BCUT2D eigenvalue weighted by molar-refractivity contribution is 7.99. The van der Waals surface area contributed by atoms with Crippen molar-refractivity contribution in [2.45, 2.75) is 22.0 Å². The van der Waals surface area contributed by atoms with Crippen LogP contribution in [0.5, 0.6) is 0 Å². The van der Waals surface area contributed by atoms with E-state index in [1.807, 2.05) is 6.92 Å². The molecular formula is C14H14O5S2. The SMILES string of the molecule is CC(Sc1ccc(S(C)(=O)=O)cc1)c1ccc(C(=O)O)o1. The Labute approximate surface area is 126 Å². The molecular weight excluding hydrogens is 312 g/mol. The Morgan fingerprint density at radius 1 is 1.19 bits per heavy atom. The first-order valence-electron chi connectivity index (χ1n) is 6.07. The molecule has 2 rings (SSSR count). The molecule has 5 nitrogen and oxygen atoms in total. The van der Waals surface area contributed by atoms with Gasteiger partial charge in [-0.1, -0.05) is 0 Å². The summed E-state index contributed by atoms with van der Waals surface area (Å²) in [6.45, 7) is 1.89. The molecule has 1 atom stereocenters. The first-order valence-corrected chi connectivity index (χ1v) is 8.84. The molecule has 112 valence electrons. The van der Waals surface area contributed by atoms with Gasteiger partial charge in [0.15, 0.2) is 9.84 Å². The highest BCUT2D eigenvalue weighted by Gasteiger charge is 2.15. The van der Waals surface area contributed by atoms with E-state index in [9.17, 15) is 13.2 Å². The lowest BCUT2D eigenvalue weighted by molar-refractivity contribution is 0.0660. The van der Waals surface area contributed by atoms with E-state index in [0.717, 1.165) is 11.2 Å². The molecule has 0 spiro atoms. The zero-order valence-electron chi connectivity index (χ0n) is 11.4. The number of sulfone groups is 1. The Bertz CT molecular complexity index is 744. The number of benzene rings is 1. The second-order valence-electron chi connectivity index (χ2n) is 4.51. The predicted molar refractivity (Wildman–Crippen MR) is 79.5 cm³/mol. The Balaban J connectivity index is 2.12. The highest BCUT2D eigenvalue weighted by atomic mass is 32.2. The Morgan fingerprint density at radius 3 is 2.29 bits per heavy atom. The van der Waals surface area contributed by atoms with Crippen molar-refractivity contribution < 1.29 is 22.7 Å². The fourth-order valence-corrected chi connectivity index (χ4v) is 3.29. The number of aromatic carboxylic acids is 1. The van der Waals surface area contributed by atoms with Crippen molar-refractivity contribution in [2.24, 2.45) is 0 Å². The van der Waals surface area contributed by atoms with Gasteiger partial charge in [-0.2, -0.15) is 0 Å². The second-order valence-corrected chi connectivity index (χ2v) is 7.94. The van der Waals surface area contributed by atoms with Gasteiger partial charge in [-0.25, -0.2) is 13.2 Å². The van der Waals surface area contributed by atoms with Crippen molar-refractivity contribution >= 4 is 27.6 Å². The highest BCUT2D eigenvalue weighted by Crippen LogP contribution is 2.35. The van der Waals surface area contributed by atoms with Crippen LogP contribution < -0.4 is 0 Å². The minimum atomic E-state index is -3.20. The lowest BCUT2D eigenvalue weighted by Crippen LogP contribution is -1.96. The van der Waals surface area contributed by atoms with Crippen LogP contribution >= 0.6 is 11.8 Å². The molecule has 0 radical (unpaired) electrons. The summed E-state index contributed by atoms with van der Waals surface area (Å²) in [4.78, 5) is 11.9. The number of thioether (sulfide) groups is 1. The number of hydrogen-bond donors (Lipinski definition) is 1. The average Bonchev–Trinajstić information content (AvgIpc) is 2.88. The smallest absolute Gasteiger partial charge is 0.371 e. The van der Waals surface area contributed by atoms with Gasteiger partial charge in [0, 0.05) is 11.2 Å². The minimum Gasteiger partial charge on any atom is -0.475 e. The van der Waals surface area contributed by atoms with Crippen LogP contribution in [0.15, 0.2) is 50.6 Å². The standard InChI is InChI=1S/C14H14O5S2/c1-9(12-7-8-13(19-12)14(15)16)20-10-3-5-11(6-4-10)21(2,17)18/h3-9H,1-2H3,(H,15,16). The molecule has 0 fully saturated rings. The zero-order chi connectivity index (χ0) is 15.6. The van der Waals surface area contributed by atoms with Crippen molar-refractivity contribution in [1.82, 2.24) is 0 Å². The van der Waals surface area contributed by atoms with Crippen molar-refractivity contribution in [2.75, 3.05) is 6.26 Å². The lowest BCUT2D eigenvalue weighted by atomic mass is 10.3. The first kappa shape index (κ1) is 15.7. The molecule has 1 aromatic heterocycles. The van der Waals surface area contributed by atoms with Gasteiger partial charge < -0.3 is 9.52 Å². The third-order valence-corrected chi connectivity index (χ3v) is 5.06. The third kappa shape index (κ3) is 3.89. The van der Waals surface area contributed by atoms with Crippen LogP contribution in [-0.4, -0.2) is 25.7 Å². The van der Waals surface area contributed by atoms with Crippen LogP contribution in [0.2, 0.25) is 0 Å². The average molecular weight is 326 g/mol. The molecule has 0 aliphatic rings. The molecule has 21 heavy (non-hydrogen) atoms. The summed E-state index contributed by atoms with van der Waals surface area (Å²) >= 11 is 1.46. The topological polar surface area (TPSA) is 84.6 Å². The van der Waals surface area contributed by atoms with Crippen LogP contribution in [-0.2, 0) is 9.84 Å². The molecule has 7 heteroatoms. The van der Waals surface area contributed by atoms with E-state index in [2.05, 4.69) is 0 Å². The number of carboxylic acids is 1. The van der Waals surface area contributed by atoms with Crippen molar-refractivity contribution in [3.05, 3.63) is 47.9 Å². The maximum absolute atomic E-state index is 11.4. The molecule has 1 heterocycles. The number of rotatable bonds is 5. The zero-order valence-corrected chi connectivity index (χ0v) is 13.1. The second kappa shape index (κ2) is 5.95. The minimum absolute atomic E-state index is 0.0813. The van der Waals surface area contributed by atoms with E-state index in [1.54, 1.807) is 30.3 Å². The van der Waals surface area contributed by atoms with Crippen molar-refractivity contribution in [3.8, 4) is 0 Å². The Kier molecular flexibility index (Phi) is 4.43. The molecule has 1 N–H and O–H groups in total. The van der Waals surface area contributed by atoms with Crippen LogP contribution in [0, 0.1) is 0 Å². The van der Waals surface area contributed by atoms with Gasteiger partial charge in [0.05, 0.1) is 10.1 Å². The van der Waals surface area contributed by atoms with E-state index in [-0.39, 0.29) is 15.9 Å². The fraction of sp³-hybridized carbons (Fsp3) is 0.214. The van der Waals surface area contributed by atoms with E-state index >= 15 is 0 Å². The maximum Gasteiger partial charge on any atom is 0.371 e. The molecule has 1 aromatic carbocycles. The summed E-state index contributed by atoms with van der Waals surface area (Å²) in [5.41, 5.74) is 0. The fourth-order valence-electron chi connectivity index (χ4n) is 1.71. The molecule has 0 aliphatic heterocycles. The molecule has 0 saturated carbocycles.